The summed E-state index contributed by atoms with van der Waals surface area (Å²) >= 11 is 9.34. The zero-order chi connectivity index (χ0) is 18.5. The number of carbonyl (C=O) groups excluding carboxylic acids is 1. The van der Waals surface area contributed by atoms with Crippen LogP contribution in [0.15, 0.2) is 59.2 Å². The van der Waals surface area contributed by atoms with E-state index >= 15 is 0 Å². The molecule has 8 heteroatoms. The Hall–Kier alpha value is -2.64. The number of aromatic nitrogens is 2. The zero-order valence-corrected chi connectivity index (χ0v) is 16.1. The van der Waals surface area contributed by atoms with Gasteiger partial charge in [-0.05, 0) is 64.5 Å². The van der Waals surface area contributed by atoms with Gasteiger partial charge in [-0.25, -0.2) is 4.98 Å². The van der Waals surface area contributed by atoms with Crippen molar-refractivity contribution in [1.82, 2.24) is 9.97 Å². The molecule has 0 radical (unpaired) electrons. The van der Waals surface area contributed by atoms with Crippen LogP contribution in [0.25, 0.3) is 0 Å². The number of hydrogen-bond donors (Lipinski definition) is 3. The van der Waals surface area contributed by atoms with Crippen LogP contribution in [0.4, 0.5) is 28.8 Å². The van der Waals surface area contributed by atoms with Gasteiger partial charge in [-0.2, -0.15) is 4.98 Å². The van der Waals surface area contributed by atoms with Gasteiger partial charge in [0.1, 0.15) is 5.82 Å². The van der Waals surface area contributed by atoms with E-state index in [2.05, 4.69) is 41.8 Å². The van der Waals surface area contributed by atoms with Gasteiger partial charge in [0, 0.05) is 35.2 Å². The van der Waals surface area contributed by atoms with Crippen molar-refractivity contribution >= 4 is 62.3 Å². The highest BCUT2D eigenvalue weighted by Gasteiger charge is 2.06. The van der Waals surface area contributed by atoms with E-state index in [0.717, 1.165) is 21.5 Å². The maximum atomic E-state index is 11.1. The van der Waals surface area contributed by atoms with E-state index in [4.69, 9.17) is 11.6 Å². The molecule has 0 saturated carbocycles. The molecular formula is C18H15BrClN5O. The lowest BCUT2D eigenvalue weighted by molar-refractivity contribution is -0.114. The summed E-state index contributed by atoms with van der Waals surface area (Å²) in [6, 6.07) is 14.6. The summed E-state index contributed by atoms with van der Waals surface area (Å²) in [6.07, 6.45) is 1.67. The smallest absolute Gasteiger partial charge is 0.229 e. The van der Waals surface area contributed by atoms with E-state index in [9.17, 15) is 4.79 Å². The van der Waals surface area contributed by atoms with Crippen LogP contribution >= 0.6 is 27.5 Å². The molecule has 1 aromatic heterocycles. The molecule has 0 fully saturated rings. The molecule has 0 unspecified atom stereocenters. The summed E-state index contributed by atoms with van der Waals surface area (Å²) in [5.74, 6) is 0.955. The third kappa shape index (κ3) is 4.93. The average Bonchev–Trinajstić information content (AvgIpc) is 2.61. The molecule has 3 rings (SSSR count). The quantitative estimate of drug-likeness (QED) is 0.507. The molecule has 0 saturated heterocycles. The molecule has 3 N–H and O–H groups in total. The van der Waals surface area contributed by atoms with Gasteiger partial charge in [0.25, 0.3) is 0 Å². The van der Waals surface area contributed by atoms with Gasteiger partial charge in [-0.3, -0.25) is 4.79 Å². The van der Waals surface area contributed by atoms with Crippen molar-refractivity contribution in [3.05, 3.63) is 64.2 Å². The van der Waals surface area contributed by atoms with Gasteiger partial charge in [-0.1, -0.05) is 11.6 Å². The van der Waals surface area contributed by atoms with Gasteiger partial charge < -0.3 is 16.0 Å². The molecule has 0 aliphatic heterocycles. The third-order valence-corrected chi connectivity index (χ3v) is 4.14. The summed E-state index contributed by atoms with van der Waals surface area (Å²) < 4.78 is 0.735. The van der Waals surface area contributed by atoms with E-state index in [1.807, 2.05) is 24.3 Å². The van der Waals surface area contributed by atoms with Gasteiger partial charge in [0.15, 0.2) is 0 Å². The minimum atomic E-state index is -0.111. The first-order valence-corrected chi connectivity index (χ1v) is 8.86. The minimum Gasteiger partial charge on any atom is -0.339 e. The van der Waals surface area contributed by atoms with E-state index < -0.39 is 0 Å². The summed E-state index contributed by atoms with van der Waals surface area (Å²) in [4.78, 5) is 19.8. The van der Waals surface area contributed by atoms with Crippen LogP contribution in [-0.4, -0.2) is 15.9 Å². The fraction of sp³-hybridized carbons (Fsp3) is 0.0556. The first-order valence-electron chi connectivity index (χ1n) is 7.69. The van der Waals surface area contributed by atoms with Gasteiger partial charge in [0.05, 0.1) is 4.47 Å². The van der Waals surface area contributed by atoms with Crippen molar-refractivity contribution in [3.63, 3.8) is 0 Å². The van der Waals surface area contributed by atoms with Crippen molar-refractivity contribution < 1.29 is 4.79 Å². The number of rotatable bonds is 5. The Morgan fingerprint density at radius 2 is 1.54 bits per heavy atom. The summed E-state index contributed by atoms with van der Waals surface area (Å²) in [5.41, 5.74) is 2.39. The van der Waals surface area contributed by atoms with Crippen LogP contribution in [0.1, 0.15) is 6.92 Å². The minimum absolute atomic E-state index is 0.111. The maximum absolute atomic E-state index is 11.1. The lowest BCUT2D eigenvalue weighted by Crippen LogP contribution is -2.05. The first-order chi connectivity index (χ1) is 12.5. The Morgan fingerprint density at radius 3 is 2.19 bits per heavy atom. The Balaban J connectivity index is 1.74. The van der Waals surface area contributed by atoms with Gasteiger partial charge in [0.2, 0.25) is 11.9 Å². The predicted molar refractivity (Wildman–Crippen MR) is 108 cm³/mol. The van der Waals surface area contributed by atoms with E-state index in [0.29, 0.717) is 16.8 Å². The van der Waals surface area contributed by atoms with Crippen molar-refractivity contribution in [2.24, 2.45) is 0 Å². The van der Waals surface area contributed by atoms with Crippen LogP contribution in [0.5, 0.6) is 0 Å². The summed E-state index contributed by atoms with van der Waals surface area (Å²) in [7, 11) is 0. The van der Waals surface area contributed by atoms with Crippen LogP contribution in [0.3, 0.4) is 0 Å². The molecule has 0 bridgehead atoms. The second kappa shape index (κ2) is 8.16. The Morgan fingerprint density at radius 1 is 0.962 bits per heavy atom. The van der Waals surface area contributed by atoms with Crippen LogP contribution in [-0.2, 0) is 4.79 Å². The largest absolute Gasteiger partial charge is 0.339 e. The molecule has 3 aromatic rings. The fourth-order valence-corrected chi connectivity index (χ4v) is 2.57. The molecule has 26 heavy (non-hydrogen) atoms. The highest BCUT2D eigenvalue weighted by atomic mass is 79.9. The molecule has 0 aliphatic carbocycles. The molecule has 2 aromatic carbocycles. The van der Waals surface area contributed by atoms with E-state index in [-0.39, 0.29) is 5.91 Å². The molecule has 6 nitrogen and oxygen atoms in total. The standard InChI is InChI=1S/C18H15BrClN5O/c1-11(26)22-13-6-8-15(9-7-13)24-18-21-10-16(19)17(25-18)23-14-4-2-12(20)3-5-14/h2-10H,1H3,(H,22,26)(H2,21,23,24,25). The molecule has 0 atom stereocenters. The lowest BCUT2D eigenvalue weighted by atomic mass is 10.3. The highest BCUT2D eigenvalue weighted by molar-refractivity contribution is 9.10. The molecular weight excluding hydrogens is 418 g/mol. The number of anilines is 5. The third-order valence-electron chi connectivity index (χ3n) is 3.31. The fourth-order valence-electron chi connectivity index (χ4n) is 2.15. The van der Waals surface area contributed by atoms with E-state index in [1.165, 1.54) is 6.92 Å². The molecule has 1 heterocycles. The Bertz CT molecular complexity index is 916. The lowest BCUT2D eigenvalue weighted by Gasteiger charge is -2.11. The molecule has 0 aliphatic rings. The topological polar surface area (TPSA) is 78.9 Å². The number of hydrogen-bond acceptors (Lipinski definition) is 5. The number of carbonyl (C=O) groups is 1. The SMILES string of the molecule is CC(=O)Nc1ccc(Nc2ncc(Br)c(Nc3ccc(Cl)cc3)n2)cc1. The monoisotopic (exact) mass is 431 g/mol. The second-order valence-electron chi connectivity index (χ2n) is 5.41. The second-order valence-corrected chi connectivity index (χ2v) is 6.70. The van der Waals surface area contributed by atoms with Gasteiger partial charge >= 0.3 is 0 Å². The maximum Gasteiger partial charge on any atom is 0.229 e. The summed E-state index contributed by atoms with van der Waals surface area (Å²) in [6.45, 7) is 1.47. The van der Waals surface area contributed by atoms with Crippen LogP contribution < -0.4 is 16.0 Å². The number of benzene rings is 2. The predicted octanol–water partition coefficient (Wildman–Crippen LogP) is 5.34. The summed E-state index contributed by atoms with van der Waals surface area (Å²) in [5, 5.41) is 9.73. The molecule has 132 valence electrons. The van der Waals surface area contributed by atoms with E-state index in [1.54, 1.807) is 30.5 Å². The first kappa shape index (κ1) is 18.2. The zero-order valence-electron chi connectivity index (χ0n) is 13.8. The van der Waals surface area contributed by atoms with Crippen molar-refractivity contribution in [2.75, 3.05) is 16.0 Å². The Labute approximate surface area is 164 Å². The average molecular weight is 433 g/mol. The number of halogens is 2. The number of nitrogens with zero attached hydrogens (tertiary/aromatic N) is 2. The van der Waals surface area contributed by atoms with Crippen molar-refractivity contribution in [1.29, 1.82) is 0 Å². The van der Waals surface area contributed by atoms with Crippen molar-refractivity contribution in [2.45, 2.75) is 6.92 Å². The number of amides is 1. The Kier molecular flexibility index (Phi) is 5.70. The normalized spacial score (nSPS) is 10.3. The van der Waals surface area contributed by atoms with Crippen LogP contribution in [0, 0.1) is 0 Å². The van der Waals surface area contributed by atoms with Crippen LogP contribution in [0.2, 0.25) is 5.02 Å². The van der Waals surface area contributed by atoms with Gasteiger partial charge in [-0.15, -0.1) is 0 Å². The van der Waals surface area contributed by atoms with Crippen molar-refractivity contribution in [3.8, 4) is 0 Å². The number of nitrogens with one attached hydrogen (secondary N) is 3. The highest BCUT2D eigenvalue weighted by Crippen LogP contribution is 2.26. The molecule has 1 amide bonds. The molecule has 0 spiro atoms.